The average Bonchev–Trinajstić information content (AvgIpc) is 3.67. The van der Waals surface area contributed by atoms with Crippen molar-refractivity contribution < 1.29 is 0 Å². The van der Waals surface area contributed by atoms with Gasteiger partial charge < -0.3 is 0 Å². The molecule has 46 heavy (non-hydrogen) atoms. The molecule has 0 bridgehead atoms. The van der Waals surface area contributed by atoms with E-state index in [9.17, 15) is 0 Å². The third-order valence-electron chi connectivity index (χ3n) is 9.68. The van der Waals surface area contributed by atoms with Crippen LogP contribution in [0.3, 0.4) is 0 Å². The van der Waals surface area contributed by atoms with Gasteiger partial charge in [-0.05, 0) is 92.0 Å². The van der Waals surface area contributed by atoms with Crippen molar-refractivity contribution in [2.45, 2.75) is 6.42 Å². The Kier molecular flexibility index (Phi) is 5.34. The molecule has 3 nitrogen and oxygen atoms in total. The van der Waals surface area contributed by atoms with Crippen LogP contribution in [-0.2, 0) is 6.42 Å². The Morgan fingerprint density at radius 3 is 2.09 bits per heavy atom. The van der Waals surface area contributed by atoms with Crippen molar-refractivity contribution >= 4 is 43.5 Å². The average molecular weight is 586 g/mol. The van der Waals surface area contributed by atoms with Gasteiger partial charge >= 0.3 is 0 Å². The first-order valence-electron chi connectivity index (χ1n) is 15.8. The van der Waals surface area contributed by atoms with Crippen molar-refractivity contribution in [1.82, 2.24) is 14.5 Å². The molecule has 7 aromatic carbocycles. The zero-order valence-corrected chi connectivity index (χ0v) is 25.0. The summed E-state index contributed by atoms with van der Waals surface area (Å²) in [6.45, 7) is 0. The van der Waals surface area contributed by atoms with Crippen molar-refractivity contribution in [1.29, 1.82) is 0 Å². The van der Waals surface area contributed by atoms with Crippen LogP contribution in [0.2, 0.25) is 0 Å². The molecule has 214 valence electrons. The maximum atomic E-state index is 4.98. The molecule has 0 atom stereocenters. The summed E-state index contributed by atoms with van der Waals surface area (Å²) in [5.74, 6) is 0.686. The van der Waals surface area contributed by atoms with Crippen molar-refractivity contribution in [2.24, 2.45) is 0 Å². The van der Waals surface area contributed by atoms with Crippen LogP contribution < -0.4 is 0 Å². The normalized spacial score (nSPS) is 12.3. The highest BCUT2D eigenvalue weighted by molar-refractivity contribution is 6.21. The van der Waals surface area contributed by atoms with E-state index in [1.807, 2.05) is 24.4 Å². The van der Waals surface area contributed by atoms with Gasteiger partial charge in [-0.2, -0.15) is 0 Å². The summed E-state index contributed by atoms with van der Waals surface area (Å²) in [5, 5.41) is 5.91. The highest BCUT2D eigenvalue weighted by Gasteiger charge is 2.19. The van der Waals surface area contributed by atoms with Crippen LogP contribution in [0.1, 0.15) is 11.1 Å². The molecule has 0 aliphatic heterocycles. The second-order valence-corrected chi connectivity index (χ2v) is 12.3. The minimum Gasteiger partial charge on any atom is -0.278 e. The standard InChI is InChI=1S/C43H27N3/c1-3-9-35-32(7-1)23-33-20-19-30(24-37(33)35)27-13-15-28(16-14-27)31-18-17-29-21-22-41-42(38(29)25-31)36-10-4-6-12-40(36)46(41)43-44-26-34-8-2-5-11-39(34)45-43/h1-22,24-26H,23H2. The molecule has 0 amide bonds. The van der Waals surface area contributed by atoms with Crippen molar-refractivity contribution in [3.05, 3.63) is 163 Å². The Labute approximate surface area is 266 Å². The predicted molar refractivity (Wildman–Crippen MR) is 190 cm³/mol. The van der Waals surface area contributed by atoms with Gasteiger partial charge in [0.25, 0.3) is 0 Å². The molecule has 10 rings (SSSR count). The highest BCUT2D eigenvalue weighted by Crippen LogP contribution is 2.40. The van der Waals surface area contributed by atoms with E-state index < -0.39 is 0 Å². The number of aromatic nitrogens is 3. The van der Waals surface area contributed by atoms with Crippen LogP contribution in [0.25, 0.3) is 82.8 Å². The molecule has 2 aromatic heterocycles. The summed E-state index contributed by atoms with van der Waals surface area (Å²) in [5.41, 5.74) is 13.6. The lowest BCUT2D eigenvalue weighted by Gasteiger charge is -2.10. The zero-order valence-electron chi connectivity index (χ0n) is 25.0. The summed E-state index contributed by atoms with van der Waals surface area (Å²) in [4.78, 5) is 9.79. The lowest BCUT2D eigenvalue weighted by atomic mass is 9.95. The summed E-state index contributed by atoms with van der Waals surface area (Å²) in [6.07, 6.45) is 2.94. The van der Waals surface area contributed by atoms with E-state index in [1.54, 1.807) is 0 Å². The Morgan fingerprint density at radius 1 is 0.478 bits per heavy atom. The quantitative estimate of drug-likeness (QED) is 0.206. The van der Waals surface area contributed by atoms with Gasteiger partial charge in [0.05, 0.1) is 16.6 Å². The predicted octanol–water partition coefficient (Wildman–Crippen LogP) is 10.8. The maximum Gasteiger partial charge on any atom is 0.235 e. The molecule has 1 aliphatic rings. The van der Waals surface area contributed by atoms with Gasteiger partial charge in [0.1, 0.15) is 0 Å². The Balaban J connectivity index is 1.09. The van der Waals surface area contributed by atoms with E-state index in [2.05, 4.69) is 132 Å². The Morgan fingerprint density at radius 2 is 1.17 bits per heavy atom. The lowest BCUT2D eigenvalue weighted by molar-refractivity contribution is 1.01. The van der Waals surface area contributed by atoms with E-state index >= 15 is 0 Å². The van der Waals surface area contributed by atoms with Crippen LogP contribution in [0.4, 0.5) is 0 Å². The fraction of sp³-hybridized carbons (Fsp3) is 0.0233. The number of rotatable bonds is 3. The molecule has 0 spiro atoms. The zero-order chi connectivity index (χ0) is 30.2. The second-order valence-electron chi connectivity index (χ2n) is 12.3. The van der Waals surface area contributed by atoms with Gasteiger partial charge in [0, 0.05) is 22.4 Å². The van der Waals surface area contributed by atoms with Crippen LogP contribution in [-0.4, -0.2) is 14.5 Å². The topological polar surface area (TPSA) is 30.7 Å². The number of nitrogens with zero attached hydrogens (tertiary/aromatic N) is 3. The van der Waals surface area contributed by atoms with Crippen molar-refractivity contribution in [3.8, 4) is 39.3 Å². The minimum absolute atomic E-state index is 0.686. The van der Waals surface area contributed by atoms with Gasteiger partial charge in [-0.1, -0.05) is 115 Å². The summed E-state index contributed by atoms with van der Waals surface area (Å²) < 4.78 is 2.20. The fourth-order valence-corrected chi connectivity index (χ4v) is 7.41. The van der Waals surface area contributed by atoms with E-state index in [0.29, 0.717) is 5.95 Å². The number of fused-ring (bicyclic) bond motifs is 9. The van der Waals surface area contributed by atoms with Gasteiger partial charge in [-0.15, -0.1) is 0 Å². The molecule has 1 aliphatic carbocycles. The molecule has 0 unspecified atom stereocenters. The monoisotopic (exact) mass is 585 g/mol. The Hall–Kier alpha value is -6.06. The third kappa shape index (κ3) is 3.79. The second kappa shape index (κ2) is 9.72. The number of hydrogen-bond acceptors (Lipinski definition) is 2. The first kappa shape index (κ1) is 25.3. The minimum atomic E-state index is 0.686. The lowest BCUT2D eigenvalue weighted by Crippen LogP contribution is -2.00. The summed E-state index contributed by atoms with van der Waals surface area (Å²) >= 11 is 0. The first-order chi connectivity index (χ1) is 22.8. The number of hydrogen-bond donors (Lipinski definition) is 0. The number of para-hydroxylation sites is 2. The molecule has 0 radical (unpaired) electrons. The molecule has 0 saturated carbocycles. The van der Waals surface area contributed by atoms with Crippen molar-refractivity contribution in [3.63, 3.8) is 0 Å². The Bertz CT molecular complexity index is 2660. The SMILES string of the molecule is c1ccc2c(c1)Cc1ccc(-c3ccc(-c4ccc5ccc6c(c5c4)c4ccccc4n6-c4ncc5ccccc5n4)cc3)cc1-2. The van der Waals surface area contributed by atoms with Gasteiger partial charge in [-0.3, -0.25) is 4.57 Å². The summed E-state index contributed by atoms with van der Waals surface area (Å²) in [7, 11) is 0. The van der Waals surface area contributed by atoms with E-state index in [-0.39, 0.29) is 0 Å². The highest BCUT2D eigenvalue weighted by atomic mass is 15.2. The summed E-state index contributed by atoms with van der Waals surface area (Å²) in [6, 6.07) is 52.7. The molecule has 0 saturated heterocycles. The molecule has 3 heteroatoms. The van der Waals surface area contributed by atoms with Gasteiger partial charge in [0.2, 0.25) is 5.95 Å². The molecule has 0 fully saturated rings. The molecule has 0 N–H and O–H groups in total. The molecule has 2 heterocycles. The number of benzene rings is 7. The molecule has 9 aromatic rings. The van der Waals surface area contributed by atoms with Crippen molar-refractivity contribution in [2.75, 3.05) is 0 Å². The van der Waals surface area contributed by atoms with Gasteiger partial charge in [0.15, 0.2) is 0 Å². The first-order valence-corrected chi connectivity index (χ1v) is 15.8. The largest absolute Gasteiger partial charge is 0.278 e. The fourth-order valence-electron chi connectivity index (χ4n) is 7.41. The van der Waals surface area contributed by atoms with E-state index in [4.69, 9.17) is 9.97 Å². The van der Waals surface area contributed by atoms with Crippen LogP contribution in [0, 0.1) is 0 Å². The van der Waals surface area contributed by atoms with E-state index in [1.165, 1.54) is 66.1 Å². The maximum absolute atomic E-state index is 4.98. The van der Waals surface area contributed by atoms with Gasteiger partial charge in [-0.25, -0.2) is 9.97 Å². The smallest absolute Gasteiger partial charge is 0.235 e. The van der Waals surface area contributed by atoms with E-state index in [0.717, 1.165) is 28.4 Å². The molecular formula is C43H27N3. The van der Waals surface area contributed by atoms with Crippen LogP contribution in [0.15, 0.2) is 152 Å². The third-order valence-corrected chi connectivity index (χ3v) is 9.68. The molecular weight excluding hydrogens is 558 g/mol. The van der Waals surface area contributed by atoms with Crippen LogP contribution >= 0.6 is 0 Å². The van der Waals surface area contributed by atoms with Crippen LogP contribution in [0.5, 0.6) is 0 Å².